The number of hydrogen-bond donors (Lipinski definition) is 0. The van der Waals surface area contributed by atoms with Crippen molar-refractivity contribution in [3.63, 3.8) is 0 Å². The SMILES string of the molecule is O=C(c1ccc(Cl)cc1)c1ccc(Oc2ccc(C(C(F)(F)F)C(F)(F)F)cc2)cc1. The molecule has 0 N–H and O–H groups in total. The second kappa shape index (κ2) is 8.63. The van der Waals surface area contributed by atoms with Crippen molar-refractivity contribution < 1.29 is 35.9 Å². The molecule has 0 saturated heterocycles. The van der Waals surface area contributed by atoms with Crippen molar-refractivity contribution in [3.05, 3.63) is 94.5 Å². The molecule has 0 bridgehead atoms. The van der Waals surface area contributed by atoms with Crippen molar-refractivity contribution >= 4 is 17.4 Å². The summed E-state index contributed by atoms with van der Waals surface area (Å²) in [5.74, 6) is -3.53. The molecule has 9 heteroatoms. The zero-order valence-corrected chi connectivity index (χ0v) is 16.2. The van der Waals surface area contributed by atoms with Gasteiger partial charge in [-0.2, -0.15) is 26.3 Å². The van der Waals surface area contributed by atoms with Gasteiger partial charge in [0, 0.05) is 16.1 Å². The molecule has 0 unspecified atom stereocenters. The number of hydrogen-bond acceptors (Lipinski definition) is 2. The molecule has 0 heterocycles. The highest BCUT2D eigenvalue weighted by Gasteiger charge is 2.57. The minimum Gasteiger partial charge on any atom is -0.457 e. The molecule has 162 valence electrons. The first-order chi connectivity index (χ1) is 14.4. The van der Waals surface area contributed by atoms with E-state index < -0.39 is 23.8 Å². The third-order valence-corrected chi connectivity index (χ3v) is 4.58. The molecular formula is C22H13ClF6O2. The number of halogens is 7. The monoisotopic (exact) mass is 458 g/mol. The van der Waals surface area contributed by atoms with Gasteiger partial charge in [0.15, 0.2) is 11.7 Å². The van der Waals surface area contributed by atoms with Gasteiger partial charge >= 0.3 is 12.4 Å². The number of alkyl halides is 6. The third kappa shape index (κ3) is 5.58. The maximum absolute atomic E-state index is 12.8. The second-order valence-corrected chi connectivity index (χ2v) is 6.98. The Morgan fingerprint density at radius 3 is 1.48 bits per heavy atom. The maximum Gasteiger partial charge on any atom is 0.404 e. The summed E-state index contributed by atoms with van der Waals surface area (Å²) >= 11 is 5.79. The second-order valence-electron chi connectivity index (χ2n) is 6.55. The molecule has 0 spiro atoms. The Morgan fingerprint density at radius 1 is 0.677 bits per heavy atom. The molecule has 0 aliphatic carbocycles. The largest absolute Gasteiger partial charge is 0.457 e. The molecule has 0 radical (unpaired) electrons. The van der Waals surface area contributed by atoms with Gasteiger partial charge in [0.2, 0.25) is 0 Å². The molecule has 0 fully saturated rings. The molecule has 3 aromatic rings. The Morgan fingerprint density at radius 2 is 1.06 bits per heavy atom. The number of rotatable bonds is 5. The Hall–Kier alpha value is -3.00. The predicted molar refractivity (Wildman–Crippen MR) is 103 cm³/mol. The van der Waals surface area contributed by atoms with Crippen molar-refractivity contribution in [2.45, 2.75) is 18.3 Å². The Balaban J connectivity index is 1.73. The average Bonchev–Trinajstić information content (AvgIpc) is 2.68. The molecule has 0 aliphatic rings. The summed E-state index contributed by atoms with van der Waals surface area (Å²) < 4.78 is 82.3. The zero-order valence-electron chi connectivity index (χ0n) is 15.5. The molecule has 2 nitrogen and oxygen atoms in total. The van der Waals surface area contributed by atoms with Crippen LogP contribution in [0.4, 0.5) is 26.3 Å². The van der Waals surface area contributed by atoms with Crippen molar-refractivity contribution in [2.24, 2.45) is 0 Å². The Kier molecular flexibility index (Phi) is 6.31. The molecule has 0 amide bonds. The van der Waals surface area contributed by atoms with Gasteiger partial charge in [-0.15, -0.1) is 0 Å². The van der Waals surface area contributed by atoms with E-state index in [9.17, 15) is 31.1 Å². The molecule has 0 aliphatic heterocycles. The van der Waals surface area contributed by atoms with Crippen LogP contribution in [0.25, 0.3) is 0 Å². The van der Waals surface area contributed by atoms with Crippen LogP contribution in [-0.4, -0.2) is 18.1 Å². The van der Waals surface area contributed by atoms with E-state index >= 15 is 0 Å². The quantitative estimate of drug-likeness (QED) is 0.291. The lowest BCUT2D eigenvalue weighted by Crippen LogP contribution is -2.34. The Labute approximate surface area is 178 Å². The summed E-state index contributed by atoms with van der Waals surface area (Å²) in [4.78, 5) is 12.4. The molecular weight excluding hydrogens is 446 g/mol. The van der Waals surface area contributed by atoms with E-state index in [1.54, 1.807) is 24.3 Å². The van der Waals surface area contributed by atoms with Crippen molar-refractivity contribution in [1.29, 1.82) is 0 Å². The minimum absolute atomic E-state index is 0.0450. The van der Waals surface area contributed by atoms with Gasteiger partial charge in [-0.3, -0.25) is 4.79 Å². The lowest BCUT2D eigenvalue weighted by Gasteiger charge is -2.23. The van der Waals surface area contributed by atoms with Crippen LogP contribution in [0.5, 0.6) is 11.5 Å². The van der Waals surface area contributed by atoms with E-state index in [2.05, 4.69) is 0 Å². The maximum atomic E-state index is 12.8. The smallest absolute Gasteiger partial charge is 0.404 e. The zero-order chi connectivity index (χ0) is 22.8. The van der Waals surface area contributed by atoms with Gasteiger partial charge in [0.1, 0.15) is 11.5 Å². The molecule has 3 rings (SSSR count). The lowest BCUT2D eigenvalue weighted by molar-refractivity contribution is -0.253. The van der Waals surface area contributed by atoms with Crippen LogP contribution >= 0.6 is 11.6 Å². The van der Waals surface area contributed by atoms with Crippen molar-refractivity contribution in [2.75, 3.05) is 0 Å². The molecule has 0 aromatic heterocycles. The fraction of sp³-hybridized carbons (Fsp3) is 0.136. The van der Waals surface area contributed by atoms with Crippen LogP contribution in [0, 0.1) is 0 Å². The van der Waals surface area contributed by atoms with Gasteiger partial charge in [0.25, 0.3) is 0 Å². The van der Waals surface area contributed by atoms with Crippen LogP contribution in [0.3, 0.4) is 0 Å². The fourth-order valence-electron chi connectivity index (χ4n) is 2.87. The number of carbonyl (C=O) groups excluding carboxylic acids is 1. The van der Waals surface area contributed by atoms with E-state index in [1.165, 1.54) is 24.3 Å². The summed E-state index contributed by atoms with van der Waals surface area (Å²) in [5.41, 5.74) is -0.142. The molecule has 0 atom stereocenters. The summed E-state index contributed by atoms with van der Waals surface area (Å²) in [5, 5.41) is 0.489. The average molecular weight is 459 g/mol. The normalized spacial score (nSPS) is 12.1. The van der Waals surface area contributed by atoms with Gasteiger partial charge < -0.3 is 4.74 Å². The first-order valence-electron chi connectivity index (χ1n) is 8.77. The summed E-state index contributed by atoms with van der Waals surface area (Å²) in [6, 6.07) is 15.7. The third-order valence-electron chi connectivity index (χ3n) is 4.33. The predicted octanol–water partition coefficient (Wildman–Crippen LogP) is 7.57. The van der Waals surface area contributed by atoms with E-state index in [-0.39, 0.29) is 17.3 Å². The number of ketones is 1. The first kappa shape index (κ1) is 22.7. The van der Waals surface area contributed by atoms with E-state index in [4.69, 9.17) is 16.3 Å². The standard InChI is InChI=1S/C22H13ClF6O2/c23-16-7-1-13(2-8-16)19(30)14-3-9-17(10-4-14)31-18-11-5-15(6-12-18)20(21(24,25)26)22(27,28)29/h1-12,20H. The van der Waals surface area contributed by atoms with E-state index in [0.717, 1.165) is 24.3 Å². The highest BCUT2D eigenvalue weighted by atomic mass is 35.5. The van der Waals surface area contributed by atoms with Crippen LogP contribution in [0.1, 0.15) is 27.4 Å². The summed E-state index contributed by atoms with van der Waals surface area (Å²) in [6.07, 6.45) is -10.9. The summed E-state index contributed by atoms with van der Waals surface area (Å²) in [7, 11) is 0. The van der Waals surface area contributed by atoms with Gasteiger partial charge in [-0.05, 0) is 66.2 Å². The van der Waals surface area contributed by atoms with Crippen LogP contribution in [0.2, 0.25) is 5.02 Å². The van der Waals surface area contributed by atoms with Crippen molar-refractivity contribution in [3.8, 4) is 11.5 Å². The number of ether oxygens (including phenoxy) is 1. The van der Waals surface area contributed by atoms with Gasteiger partial charge in [0.05, 0.1) is 0 Å². The summed E-state index contributed by atoms with van der Waals surface area (Å²) in [6.45, 7) is 0. The molecule has 0 saturated carbocycles. The van der Waals surface area contributed by atoms with Crippen LogP contribution in [0.15, 0.2) is 72.8 Å². The van der Waals surface area contributed by atoms with Gasteiger partial charge in [-0.1, -0.05) is 23.7 Å². The molecule has 3 aromatic carbocycles. The van der Waals surface area contributed by atoms with Gasteiger partial charge in [-0.25, -0.2) is 0 Å². The Bertz CT molecular complexity index is 1030. The highest BCUT2D eigenvalue weighted by molar-refractivity contribution is 6.30. The topological polar surface area (TPSA) is 26.3 Å². The highest BCUT2D eigenvalue weighted by Crippen LogP contribution is 2.46. The molecule has 31 heavy (non-hydrogen) atoms. The minimum atomic E-state index is -5.47. The van der Waals surface area contributed by atoms with E-state index in [1.807, 2.05) is 0 Å². The van der Waals surface area contributed by atoms with Crippen molar-refractivity contribution in [1.82, 2.24) is 0 Å². The number of benzene rings is 3. The van der Waals surface area contributed by atoms with Crippen LogP contribution in [-0.2, 0) is 0 Å². The van der Waals surface area contributed by atoms with E-state index in [0.29, 0.717) is 16.1 Å². The first-order valence-corrected chi connectivity index (χ1v) is 9.14. The van der Waals surface area contributed by atoms with Crippen LogP contribution < -0.4 is 4.74 Å². The lowest BCUT2D eigenvalue weighted by atomic mass is 9.98. The number of carbonyl (C=O) groups is 1. The fourth-order valence-corrected chi connectivity index (χ4v) is 3.00.